The normalized spacial score (nSPS) is 24.9. The summed E-state index contributed by atoms with van der Waals surface area (Å²) in [5, 5.41) is 13.1. The Hall–Kier alpha value is -1.21. The number of ether oxygens (including phenoxy) is 1. The Morgan fingerprint density at radius 3 is 2.74 bits per heavy atom. The number of carboxylic acids is 1. The lowest BCUT2D eigenvalue weighted by Crippen LogP contribution is -2.29. The van der Waals surface area contributed by atoms with Gasteiger partial charge in [-0.2, -0.15) is 4.37 Å². The molecule has 1 aliphatic carbocycles. The van der Waals surface area contributed by atoms with Gasteiger partial charge in [-0.15, -0.1) is 0 Å². The molecule has 0 spiro atoms. The molecule has 1 atom stereocenters. The molecular weight excluding hydrogens is 266 g/mol. The molecule has 1 unspecified atom stereocenters. The minimum Gasteiger partial charge on any atom is -0.481 e. The van der Waals surface area contributed by atoms with E-state index in [1.807, 2.05) is 6.92 Å². The summed E-state index contributed by atoms with van der Waals surface area (Å²) in [6, 6.07) is 0.300. The minimum atomic E-state index is -0.675. The van der Waals surface area contributed by atoms with Crippen LogP contribution in [0.4, 0.5) is 5.13 Å². The van der Waals surface area contributed by atoms with Gasteiger partial charge in [0.2, 0.25) is 5.13 Å². The first-order chi connectivity index (χ1) is 9.10. The predicted octanol–water partition coefficient (Wildman–Crippen LogP) is 2.30. The lowest BCUT2D eigenvalue weighted by atomic mass is 9.86. The Labute approximate surface area is 116 Å². The van der Waals surface area contributed by atoms with Gasteiger partial charge >= 0.3 is 5.97 Å². The molecule has 106 valence electrons. The highest BCUT2D eigenvalue weighted by Crippen LogP contribution is 2.27. The van der Waals surface area contributed by atoms with Gasteiger partial charge in [-0.05, 0) is 32.6 Å². The van der Waals surface area contributed by atoms with Crippen LogP contribution in [0, 0.1) is 5.92 Å². The van der Waals surface area contributed by atoms with Crippen molar-refractivity contribution >= 4 is 22.6 Å². The van der Waals surface area contributed by atoms with E-state index in [2.05, 4.69) is 14.7 Å². The van der Waals surface area contributed by atoms with Gasteiger partial charge in [-0.1, -0.05) is 0 Å². The van der Waals surface area contributed by atoms with E-state index in [1.165, 1.54) is 11.5 Å². The first-order valence-electron chi connectivity index (χ1n) is 6.46. The number of aliphatic carboxylic acids is 1. The third-order valence-electron chi connectivity index (χ3n) is 3.56. The molecule has 2 rings (SSSR count). The lowest BCUT2D eigenvalue weighted by molar-refractivity contribution is -0.142. The fraction of sp³-hybridized carbons (Fsp3) is 0.750. The van der Waals surface area contributed by atoms with Crippen molar-refractivity contribution in [3.05, 3.63) is 5.82 Å². The van der Waals surface area contributed by atoms with Crippen LogP contribution in [0.1, 0.15) is 44.5 Å². The summed E-state index contributed by atoms with van der Waals surface area (Å²) in [6.07, 6.45) is 3.09. The number of carboxylic acid groups (broad SMARTS) is 1. The van der Waals surface area contributed by atoms with Crippen LogP contribution in [0.25, 0.3) is 0 Å². The Morgan fingerprint density at radius 1 is 1.47 bits per heavy atom. The first-order valence-corrected chi connectivity index (χ1v) is 7.23. The average molecular weight is 285 g/mol. The summed E-state index contributed by atoms with van der Waals surface area (Å²) >= 11 is 1.33. The summed E-state index contributed by atoms with van der Waals surface area (Å²) in [7, 11) is 1.63. The summed E-state index contributed by atoms with van der Waals surface area (Å²) < 4.78 is 9.41. The second-order valence-electron chi connectivity index (χ2n) is 4.87. The van der Waals surface area contributed by atoms with Crippen molar-refractivity contribution in [2.45, 2.75) is 44.8 Å². The molecule has 0 aliphatic heterocycles. The maximum Gasteiger partial charge on any atom is 0.306 e. The van der Waals surface area contributed by atoms with Crippen LogP contribution in [-0.4, -0.2) is 33.6 Å². The standard InChI is InChI=1S/C12H19N3O3S/c1-7(18-2)10-14-12(19-15-10)13-9-5-3-8(4-6-9)11(16)17/h7-9H,3-6H2,1-2H3,(H,16,17)(H,13,14,15). The van der Waals surface area contributed by atoms with E-state index in [-0.39, 0.29) is 12.0 Å². The highest BCUT2D eigenvalue weighted by atomic mass is 32.1. The number of nitrogens with zero attached hydrogens (tertiary/aromatic N) is 2. The number of carbonyl (C=O) groups is 1. The molecule has 0 amide bonds. The van der Waals surface area contributed by atoms with E-state index in [0.29, 0.717) is 11.9 Å². The van der Waals surface area contributed by atoms with Gasteiger partial charge < -0.3 is 15.2 Å². The fourth-order valence-corrected chi connectivity index (χ4v) is 2.95. The number of methoxy groups -OCH3 is 1. The van der Waals surface area contributed by atoms with Gasteiger partial charge in [0.05, 0.1) is 5.92 Å². The molecular formula is C12H19N3O3S. The second-order valence-corrected chi connectivity index (χ2v) is 5.62. The molecule has 6 nitrogen and oxygen atoms in total. The summed E-state index contributed by atoms with van der Waals surface area (Å²) in [4.78, 5) is 15.3. The molecule has 1 saturated carbocycles. The molecule has 7 heteroatoms. The number of nitrogens with one attached hydrogen (secondary N) is 1. The fourth-order valence-electron chi connectivity index (χ4n) is 2.22. The molecule has 0 radical (unpaired) electrons. The number of hydrogen-bond acceptors (Lipinski definition) is 6. The largest absolute Gasteiger partial charge is 0.481 e. The van der Waals surface area contributed by atoms with Crippen LogP contribution in [0.15, 0.2) is 0 Å². The molecule has 1 fully saturated rings. The number of rotatable bonds is 5. The van der Waals surface area contributed by atoms with Crippen molar-refractivity contribution in [1.82, 2.24) is 9.36 Å². The Morgan fingerprint density at radius 2 is 2.16 bits per heavy atom. The lowest BCUT2D eigenvalue weighted by Gasteiger charge is -2.26. The van der Waals surface area contributed by atoms with E-state index in [4.69, 9.17) is 9.84 Å². The highest BCUT2D eigenvalue weighted by Gasteiger charge is 2.26. The summed E-state index contributed by atoms with van der Waals surface area (Å²) in [5.41, 5.74) is 0. The summed E-state index contributed by atoms with van der Waals surface area (Å²) in [6.45, 7) is 1.91. The Bertz CT molecular complexity index is 430. The van der Waals surface area contributed by atoms with Crippen LogP contribution in [-0.2, 0) is 9.53 Å². The molecule has 0 aromatic carbocycles. The average Bonchev–Trinajstić information content (AvgIpc) is 2.87. The number of anilines is 1. The zero-order chi connectivity index (χ0) is 13.8. The molecule has 1 aromatic rings. The number of hydrogen-bond donors (Lipinski definition) is 2. The van der Waals surface area contributed by atoms with Crippen LogP contribution in [0.5, 0.6) is 0 Å². The van der Waals surface area contributed by atoms with Gasteiger partial charge in [0.25, 0.3) is 0 Å². The van der Waals surface area contributed by atoms with Crippen LogP contribution < -0.4 is 5.32 Å². The zero-order valence-electron chi connectivity index (χ0n) is 11.1. The van der Waals surface area contributed by atoms with Crippen molar-refractivity contribution in [2.24, 2.45) is 5.92 Å². The van der Waals surface area contributed by atoms with E-state index in [9.17, 15) is 4.79 Å². The van der Waals surface area contributed by atoms with Crippen molar-refractivity contribution < 1.29 is 14.6 Å². The molecule has 1 aromatic heterocycles. The number of aromatic nitrogens is 2. The molecule has 19 heavy (non-hydrogen) atoms. The van der Waals surface area contributed by atoms with Gasteiger partial charge in [0.15, 0.2) is 5.82 Å². The maximum absolute atomic E-state index is 10.9. The maximum atomic E-state index is 10.9. The van der Waals surface area contributed by atoms with Crippen molar-refractivity contribution in [3.8, 4) is 0 Å². The third-order valence-corrected chi connectivity index (χ3v) is 4.22. The predicted molar refractivity (Wildman–Crippen MR) is 72.3 cm³/mol. The van der Waals surface area contributed by atoms with Crippen LogP contribution >= 0.6 is 11.5 Å². The Balaban J connectivity index is 1.85. The van der Waals surface area contributed by atoms with Crippen LogP contribution in [0.3, 0.4) is 0 Å². The van der Waals surface area contributed by atoms with Gasteiger partial charge in [-0.25, -0.2) is 4.98 Å². The van der Waals surface area contributed by atoms with E-state index in [0.717, 1.165) is 30.8 Å². The zero-order valence-corrected chi connectivity index (χ0v) is 11.9. The SMILES string of the molecule is COC(C)c1nsc(NC2CCC(C(=O)O)CC2)n1. The smallest absolute Gasteiger partial charge is 0.306 e. The monoisotopic (exact) mass is 285 g/mol. The topological polar surface area (TPSA) is 84.3 Å². The minimum absolute atomic E-state index is 0.102. The third kappa shape index (κ3) is 3.63. The first kappa shape index (κ1) is 14.2. The molecule has 1 heterocycles. The van der Waals surface area contributed by atoms with Crippen molar-refractivity contribution in [1.29, 1.82) is 0 Å². The summed E-state index contributed by atoms with van der Waals surface area (Å²) in [5.74, 6) is -0.170. The molecule has 0 saturated heterocycles. The Kier molecular flexibility index (Phi) is 4.71. The van der Waals surface area contributed by atoms with Crippen molar-refractivity contribution in [2.75, 3.05) is 12.4 Å². The van der Waals surface area contributed by atoms with E-state index < -0.39 is 5.97 Å². The van der Waals surface area contributed by atoms with Crippen LogP contribution in [0.2, 0.25) is 0 Å². The van der Waals surface area contributed by atoms with Gasteiger partial charge in [-0.3, -0.25) is 4.79 Å². The molecule has 2 N–H and O–H groups in total. The molecule has 1 aliphatic rings. The molecule has 0 bridgehead atoms. The van der Waals surface area contributed by atoms with Crippen molar-refractivity contribution in [3.63, 3.8) is 0 Å². The van der Waals surface area contributed by atoms with E-state index in [1.54, 1.807) is 7.11 Å². The second kappa shape index (κ2) is 6.29. The van der Waals surface area contributed by atoms with Gasteiger partial charge in [0, 0.05) is 24.7 Å². The quantitative estimate of drug-likeness (QED) is 0.863. The highest BCUT2D eigenvalue weighted by molar-refractivity contribution is 7.09. The van der Waals surface area contributed by atoms with Gasteiger partial charge in [0.1, 0.15) is 6.10 Å². The van der Waals surface area contributed by atoms with E-state index >= 15 is 0 Å².